The Kier molecular flexibility index (Phi) is 5.43. The van der Waals surface area contributed by atoms with Crippen LogP contribution in [0.4, 0.5) is 13.2 Å². The number of carbonyl (C=O) groups is 1. The summed E-state index contributed by atoms with van der Waals surface area (Å²) in [6, 6.07) is 19.3. The van der Waals surface area contributed by atoms with Gasteiger partial charge >= 0.3 is 6.18 Å². The SMILES string of the molecule is O=C(c1ccc(Cl)cc1)[C@@H]1[C@@H](O)c2ccccc2S[C@@]1(c1ccccc1)C(F)(F)F. The highest BCUT2D eigenvalue weighted by molar-refractivity contribution is 8.00. The van der Waals surface area contributed by atoms with Crippen molar-refractivity contribution in [3.63, 3.8) is 0 Å². The summed E-state index contributed by atoms with van der Waals surface area (Å²) in [5, 5.41) is 11.5. The highest BCUT2D eigenvalue weighted by Crippen LogP contribution is 2.64. The summed E-state index contributed by atoms with van der Waals surface area (Å²) >= 11 is 6.45. The maximum Gasteiger partial charge on any atom is 0.408 e. The van der Waals surface area contributed by atoms with Crippen LogP contribution in [0.5, 0.6) is 0 Å². The van der Waals surface area contributed by atoms with E-state index in [9.17, 15) is 23.1 Å². The predicted molar refractivity (Wildman–Crippen MR) is 111 cm³/mol. The first kappa shape index (κ1) is 21.0. The Bertz CT molecular complexity index is 1070. The zero-order chi connectivity index (χ0) is 21.5. The number of benzene rings is 3. The van der Waals surface area contributed by atoms with Gasteiger partial charge in [0.15, 0.2) is 10.5 Å². The van der Waals surface area contributed by atoms with Crippen molar-refractivity contribution in [1.82, 2.24) is 0 Å². The number of ketones is 1. The van der Waals surface area contributed by atoms with E-state index in [1.54, 1.807) is 24.3 Å². The van der Waals surface area contributed by atoms with Gasteiger partial charge in [-0.1, -0.05) is 60.1 Å². The Morgan fingerprint density at radius 1 is 0.933 bits per heavy atom. The van der Waals surface area contributed by atoms with E-state index in [-0.39, 0.29) is 11.1 Å². The van der Waals surface area contributed by atoms with Crippen molar-refractivity contribution >= 4 is 29.1 Å². The monoisotopic (exact) mass is 448 g/mol. The molecule has 0 unspecified atom stereocenters. The van der Waals surface area contributed by atoms with Crippen molar-refractivity contribution in [3.05, 3.63) is 101 Å². The Labute approximate surface area is 180 Å². The van der Waals surface area contributed by atoms with E-state index in [0.29, 0.717) is 27.2 Å². The van der Waals surface area contributed by atoms with Crippen LogP contribution in [0.1, 0.15) is 27.6 Å². The van der Waals surface area contributed by atoms with Crippen LogP contribution in [-0.2, 0) is 4.75 Å². The van der Waals surface area contributed by atoms with Crippen LogP contribution >= 0.6 is 23.4 Å². The molecule has 2 nitrogen and oxygen atoms in total. The Balaban J connectivity index is 1.99. The molecule has 3 aromatic carbocycles. The topological polar surface area (TPSA) is 37.3 Å². The zero-order valence-corrected chi connectivity index (χ0v) is 17.0. The molecule has 30 heavy (non-hydrogen) atoms. The second-order valence-corrected chi connectivity index (χ2v) is 8.76. The third-order valence-corrected chi connectivity index (χ3v) is 7.18. The molecule has 0 fully saturated rings. The molecule has 3 aromatic rings. The van der Waals surface area contributed by atoms with Gasteiger partial charge in [0.25, 0.3) is 0 Å². The van der Waals surface area contributed by atoms with Gasteiger partial charge in [-0.15, -0.1) is 11.8 Å². The van der Waals surface area contributed by atoms with Crippen LogP contribution in [0.2, 0.25) is 5.02 Å². The molecule has 3 atom stereocenters. The summed E-state index contributed by atoms with van der Waals surface area (Å²) in [6.07, 6.45) is -6.45. The Morgan fingerprint density at radius 2 is 1.53 bits per heavy atom. The first-order chi connectivity index (χ1) is 14.3. The molecule has 0 aromatic heterocycles. The number of hydrogen-bond acceptors (Lipinski definition) is 3. The number of aliphatic hydroxyl groups excluding tert-OH is 1. The van der Waals surface area contributed by atoms with Crippen molar-refractivity contribution in [1.29, 1.82) is 0 Å². The number of carbonyl (C=O) groups excluding carboxylic acids is 1. The Morgan fingerprint density at radius 3 is 2.17 bits per heavy atom. The highest BCUT2D eigenvalue weighted by atomic mass is 35.5. The van der Waals surface area contributed by atoms with Crippen LogP contribution in [0.3, 0.4) is 0 Å². The number of alkyl halides is 3. The minimum atomic E-state index is -4.82. The zero-order valence-electron chi connectivity index (χ0n) is 15.4. The van der Waals surface area contributed by atoms with E-state index in [4.69, 9.17) is 11.6 Å². The van der Waals surface area contributed by atoms with E-state index >= 15 is 0 Å². The molecule has 0 bridgehead atoms. The number of thioether (sulfide) groups is 1. The van der Waals surface area contributed by atoms with Crippen LogP contribution in [-0.4, -0.2) is 17.1 Å². The van der Waals surface area contributed by atoms with Crippen LogP contribution in [0.25, 0.3) is 0 Å². The fraction of sp³-hybridized carbons (Fsp3) is 0.174. The third kappa shape index (κ3) is 3.33. The fourth-order valence-electron chi connectivity index (χ4n) is 3.90. The molecule has 7 heteroatoms. The lowest BCUT2D eigenvalue weighted by Crippen LogP contribution is -2.53. The van der Waals surface area contributed by atoms with Crippen LogP contribution in [0.15, 0.2) is 83.8 Å². The van der Waals surface area contributed by atoms with E-state index in [0.717, 1.165) is 0 Å². The molecule has 0 saturated carbocycles. The van der Waals surface area contributed by atoms with Crippen LogP contribution in [0, 0.1) is 5.92 Å². The van der Waals surface area contributed by atoms with Gasteiger partial charge in [-0.05, 0) is 41.5 Å². The highest BCUT2D eigenvalue weighted by Gasteiger charge is 2.67. The normalized spacial score (nSPS) is 23.6. The average Bonchev–Trinajstić information content (AvgIpc) is 2.73. The second-order valence-electron chi connectivity index (χ2n) is 7.03. The average molecular weight is 449 g/mol. The van der Waals surface area contributed by atoms with Gasteiger partial charge in [-0.2, -0.15) is 13.2 Å². The standard InChI is InChI=1S/C23H16ClF3O2S/c24-16-12-10-14(11-13-16)20(28)19-21(29)17-8-4-5-9-18(17)30-22(19,23(25,26)27)15-6-2-1-3-7-15/h1-13,19,21,29H/t19-,21+,22-/m1/s1. The van der Waals surface area contributed by atoms with Crippen molar-refractivity contribution in [2.45, 2.75) is 21.9 Å². The summed E-state index contributed by atoms with van der Waals surface area (Å²) < 4.78 is 41.8. The molecule has 1 heterocycles. The molecule has 154 valence electrons. The van der Waals surface area contributed by atoms with E-state index in [1.807, 2.05) is 0 Å². The van der Waals surface area contributed by atoms with Crippen molar-refractivity contribution < 1.29 is 23.1 Å². The molecule has 1 aliphatic rings. The minimum absolute atomic E-state index is 0.0630. The van der Waals surface area contributed by atoms with Crippen molar-refractivity contribution in [2.24, 2.45) is 5.92 Å². The summed E-state index contributed by atoms with van der Waals surface area (Å²) in [6.45, 7) is 0. The molecule has 0 aliphatic carbocycles. The van der Waals surface area contributed by atoms with Gasteiger partial charge < -0.3 is 5.11 Å². The van der Waals surface area contributed by atoms with Gasteiger partial charge in [0, 0.05) is 15.5 Å². The number of rotatable bonds is 3. The lowest BCUT2D eigenvalue weighted by Gasteiger charge is -2.46. The van der Waals surface area contributed by atoms with Crippen LogP contribution < -0.4 is 0 Å². The number of halogens is 4. The molecule has 1 N–H and O–H groups in total. The molecule has 0 spiro atoms. The predicted octanol–water partition coefficient (Wildman–Crippen LogP) is 6.44. The van der Waals surface area contributed by atoms with Crippen molar-refractivity contribution in [2.75, 3.05) is 0 Å². The largest absolute Gasteiger partial charge is 0.408 e. The smallest absolute Gasteiger partial charge is 0.388 e. The first-order valence-corrected chi connectivity index (χ1v) is 10.3. The first-order valence-electron chi connectivity index (χ1n) is 9.14. The van der Waals surface area contributed by atoms with Gasteiger partial charge in [0.1, 0.15) is 0 Å². The summed E-state index contributed by atoms with van der Waals surface area (Å²) in [5.74, 6) is -2.57. The lowest BCUT2D eigenvalue weighted by molar-refractivity contribution is -0.180. The number of Topliss-reactive ketones (excluding diaryl/α,β-unsaturated/α-hetero) is 1. The van der Waals surface area contributed by atoms with E-state index in [1.165, 1.54) is 54.6 Å². The van der Waals surface area contributed by atoms with Gasteiger partial charge in [0.2, 0.25) is 0 Å². The molecule has 0 saturated heterocycles. The molecular weight excluding hydrogens is 433 g/mol. The van der Waals surface area contributed by atoms with Gasteiger partial charge in [0.05, 0.1) is 12.0 Å². The maximum absolute atomic E-state index is 14.8. The molecule has 1 aliphatic heterocycles. The minimum Gasteiger partial charge on any atom is -0.388 e. The molecular formula is C23H16ClF3O2S. The summed E-state index contributed by atoms with van der Waals surface area (Å²) in [4.78, 5) is 13.7. The fourth-order valence-corrected chi connectivity index (χ4v) is 5.56. The molecule has 0 amide bonds. The number of aliphatic hydroxyl groups is 1. The van der Waals surface area contributed by atoms with E-state index in [2.05, 4.69) is 0 Å². The summed E-state index contributed by atoms with van der Waals surface area (Å²) in [5.41, 5.74) is 0.293. The second kappa shape index (κ2) is 7.76. The molecule has 0 radical (unpaired) electrons. The Hall–Kier alpha value is -2.28. The quantitative estimate of drug-likeness (QED) is 0.469. The van der Waals surface area contributed by atoms with E-state index < -0.39 is 28.7 Å². The number of hydrogen-bond donors (Lipinski definition) is 1. The number of fused-ring (bicyclic) bond motifs is 1. The van der Waals surface area contributed by atoms with Crippen molar-refractivity contribution in [3.8, 4) is 0 Å². The van der Waals surface area contributed by atoms with Gasteiger partial charge in [-0.25, -0.2) is 0 Å². The summed E-state index contributed by atoms with van der Waals surface area (Å²) in [7, 11) is 0. The maximum atomic E-state index is 14.8. The molecule has 4 rings (SSSR count). The lowest BCUT2D eigenvalue weighted by atomic mass is 9.74. The van der Waals surface area contributed by atoms with Gasteiger partial charge in [-0.3, -0.25) is 4.79 Å². The third-order valence-electron chi connectivity index (χ3n) is 5.30.